The lowest BCUT2D eigenvalue weighted by Crippen LogP contribution is -2.31. The molecule has 132 valence electrons. The fourth-order valence-electron chi connectivity index (χ4n) is 2.71. The molecule has 3 rings (SSSR count). The number of aryl methyl sites for hydroxylation is 2. The van der Waals surface area contributed by atoms with Crippen LogP contribution >= 0.6 is 11.5 Å². The molecule has 0 radical (unpaired) electrons. The second kappa shape index (κ2) is 6.87. The molecule has 0 saturated carbocycles. The molecular weight excluding hydrogens is 350 g/mol. The molecule has 0 spiro atoms. The van der Waals surface area contributed by atoms with Gasteiger partial charge in [-0.15, -0.1) is 10.2 Å². The van der Waals surface area contributed by atoms with E-state index < -0.39 is 10.0 Å². The monoisotopic (exact) mass is 371 g/mol. The number of sulfonamides is 1. The second-order valence-electron chi connectivity index (χ2n) is 5.88. The maximum Gasteiger partial charge on any atom is 0.211 e. The molecule has 24 heavy (non-hydrogen) atoms. The smallest absolute Gasteiger partial charge is 0.211 e. The van der Waals surface area contributed by atoms with E-state index in [4.69, 9.17) is 4.74 Å². The lowest BCUT2D eigenvalue weighted by atomic mass is 10.2. The number of hydrogen-bond acceptors (Lipinski definition) is 7. The zero-order valence-electron chi connectivity index (χ0n) is 14.0. The predicted octanol–water partition coefficient (Wildman–Crippen LogP) is 0.886. The van der Waals surface area contributed by atoms with E-state index in [1.165, 1.54) is 22.1 Å². The fraction of sp³-hybridized carbons (Fsp3) is 0.643. The van der Waals surface area contributed by atoms with E-state index in [2.05, 4.69) is 14.6 Å². The molecule has 8 nitrogen and oxygen atoms in total. The fourth-order valence-corrected chi connectivity index (χ4v) is 4.13. The summed E-state index contributed by atoms with van der Waals surface area (Å²) in [6.07, 6.45) is 1.92. The first-order valence-electron chi connectivity index (χ1n) is 7.72. The van der Waals surface area contributed by atoms with Gasteiger partial charge in [-0.05, 0) is 25.4 Å². The van der Waals surface area contributed by atoms with Gasteiger partial charge in [-0.1, -0.05) is 0 Å². The van der Waals surface area contributed by atoms with Crippen LogP contribution in [0.15, 0.2) is 0 Å². The van der Waals surface area contributed by atoms with E-state index >= 15 is 0 Å². The maximum absolute atomic E-state index is 12.3. The van der Waals surface area contributed by atoms with Crippen molar-refractivity contribution < 1.29 is 13.2 Å². The van der Waals surface area contributed by atoms with Gasteiger partial charge in [0.05, 0.1) is 31.7 Å². The number of aromatic nitrogens is 4. The highest BCUT2D eigenvalue weighted by molar-refractivity contribution is 7.88. The Morgan fingerprint density at radius 2 is 2.04 bits per heavy atom. The first-order chi connectivity index (χ1) is 11.4. The molecule has 1 aliphatic rings. The number of nitrogens with zero attached hydrogens (tertiary/aromatic N) is 5. The quantitative estimate of drug-likeness (QED) is 0.775. The molecule has 2 aromatic rings. The van der Waals surface area contributed by atoms with Crippen molar-refractivity contribution in [2.45, 2.75) is 39.9 Å². The van der Waals surface area contributed by atoms with E-state index in [0.29, 0.717) is 38.5 Å². The first-order valence-corrected chi connectivity index (χ1v) is 10.3. The predicted molar refractivity (Wildman–Crippen MR) is 90.2 cm³/mol. The van der Waals surface area contributed by atoms with E-state index in [1.807, 2.05) is 18.4 Å². The summed E-state index contributed by atoms with van der Waals surface area (Å²) < 4.78 is 37.7. The molecule has 0 aliphatic carbocycles. The van der Waals surface area contributed by atoms with Crippen molar-refractivity contribution in [1.82, 2.24) is 23.4 Å². The van der Waals surface area contributed by atoms with Gasteiger partial charge in [0, 0.05) is 30.0 Å². The van der Waals surface area contributed by atoms with E-state index in [-0.39, 0.29) is 6.54 Å². The summed E-state index contributed by atoms with van der Waals surface area (Å²) in [6.45, 7) is 6.21. The molecule has 1 aliphatic heterocycles. The number of hydrogen-bond donors (Lipinski definition) is 0. The topological polar surface area (TPSA) is 90.2 Å². The van der Waals surface area contributed by atoms with E-state index in [0.717, 1.165) is 22.0 Å². The maximum atomic E-state index is 12.3. The number of ether oxygens (including phenoxy) is 1. The molecule has 0 atom stereocenters. The van der Waals surface area contributed by atoms with Crippen LogP contribution in [-0.2, 0) is 40.8 Å². The van der Waals surface area contributed by atoms with Gasteiger partial charge in [0.2, 0.25) is 10.0 Å². The minimum absolute atomic E-state index is 0.195. The van der Waals surface area contributed by atoms with Gasteiger partial charge in [0.25, 0.3) is 0 Å². The van der Waals surface area contributed by atoms with Crippen LogP contribution in [0.5, 0.6) is 0 Å². The van der Waals surface area contributed by atoms with Crippen LogP contribution in [0.1, 0.15) is 27.8 Å². The summed E-state index contributed by atoms with van der Waals surface area (Å²) >= 11 is 1.40. The van der Waals surface area contributed by atoms with Gasteiger partial charge >= 0.3 is 0 Å². The third-order valence-corrected chi connectivity index (χ3v) is 6.22. The Labute approximate surface area is 145 Å². The highest BCUT2D eigenvalue weighted by Crippen LogP contribution is 2.22. The van der Waals surface area contributed by atoms with Gasteiger partial charge in [-0.25, -0.2) is 8.42 Å². The Kier molecular flexibility index (Phi) is 5.00. The molecule has 0 amide bonds. The third kappa shape index (κ3) is 3.66. The van der Waals surface area contributed by atoms with Gasteiger partial charge < -0.3 is 9.30 Å². The van der Waals surface area contributed by atoms with Crippen molar-refractivity contribution in [3.63, 3.8) is 0 Å². The second-order valence-corrected chi connectivity index (χ2v) is 8.84. The summed E-state index contributed by atoms with van der Waals surface area (Å²) in [5.74, 6) is 1.50. The van der Waals surface area contributed by atoms with Crippen molar-refractivity contribution in [2.24, 2.45) is 0 Å². The summed E-state index contributed by atoms with van der Waals surface area (Å²) in [4.78, 5) is 1.04. The summed E-state index contributed by atoms with van der Waals surface area (Å²) in [5.41, 5.74) is 1.84. The van der Waals surface area contributed by atoms with Crippen LogP contribution in [0.3, 0.4) is 0 Å². The van der Waals surface area contributed by atoms with E-state index in [9.17, 15) is 8.42 Å². The molecular formula is C14H21N5O3S2. The van der Waals surface area contributed by atoms with Crippen LogP contribution in [0.4, 0.5) is 0 Å². The van der Waals surface area contributed by atoms with Crippen molar-refractivity contribution in [3.8, 4) is 0 Å². The standard InChI is InChI=1S/C14H21N5O3S2/c1-10-12(11(2)23-17-10)8-18(24(3,20)21)9-14-16-15-13-4-6-22-7-5-19(13)14/h4-9H2,1-3H3. The summed E-state index contributed by atoms with van der Waals surface area (Å²) in [6, 6.07) is 0. The van der Waals surface area contributed by atoms with Crippen LogP contribution in [0, 0.1) is 13.8 Å². The van der Waals surface area contributed by atoms with Crippen molar-refractivity contribution in [3.05, 3.63) is 27.8 Å². The lowest BCUT2D eigenvalue weighted by Gasteiger charge is -2.20. The Hall–Kier alpha value is -1.36. The summed E-state index contributed by atoms with van der Waals surface area (Å²) in [7, 11) is -3.39. The molecule has 0 bridgehead atoms. The van der Waals surface area contributed by atoms with Crippen LogP contribution in [0.25, 0.3) is 0 Å². The number of rotatable bonds is 5. The van der Waals surface area contributed by atoms with E-state index in [1.54, 1.807) is 0 Å². The van der Waals surface area contributed by atoms with Gasteiger partial charge in [-0.3, -0.25) is 0 Å². The normalized spacial score (nSPS) is 15.5. The lowest BCUT2D eigenvalue weighted by molar-refractivity contribution is 0.139. The van der Waals surface area contributed by atoms with Crippen LogP contribution in [0.2, 0.25) is 0 Å². The highest BCUT2D eigenvalue weighted by Gasteiger charge is 2.24. The van der Waals surface area contributed by atoms with Crippen LogP contribution < -0.4 is 0 Å². The summed E-state index contributed by atoms with van der Waals surface area (Å²) in [5, 5.41) is 8.39. The third-order valence-electron chi connectivity index (χ3n) is 4.14. The average Bonchev–Trinajstić information content (AvgIpc) is 2.93. The Morgan fingerprint density at radius 1 is 1.25 bits per heavy atom. The SMILES string of the molecule is Cc1nsc(C)c1CN(Cc1nnc2n1CCOCC2)S(C)(=O)=O. The van der Waals surface area contributed by atoms with Gasteiger partial charge in [0.15, 0.2) is 0 Å². The van der Waals surface area contributed by atoms with Crippen molar-refractivity contribution >= 4 is 21.6 Å². The molecule has 0 unspecified atom stereocenters. The largest absolute Gasteiger partial charge is 0.379 e. The molecule has 0 aromatic carbocycles. The van der Waals surface area contributed by atoms with Crippen LogP contribution in [-0.4, -0.2) is 51.3 Å². The minimum Gasteiger partial charge on any atom is -0.379 e. The van der Waals surface area contributed by atoms with Crippen molar-refractivity contribution in [2.75, 3.05) is 19.5 Å². The minimum atomic E-state index is -3.39. The zero-order valence-corrected chi connectivity index (χ0v) is 15.7. The molecule has 3 heterocycles. The Bertz CT molecular complexity index is 808. The highest BCUT2D eigenvalue weighted by atomic mass is 32.2. The Morgan fingerprint density at radius 3 is 2.71 bits per heavy atom. The molecule has 0 saturated heterocycles. The first kappa shape index (κ1) is 17.5. The molecule has 2 aromatic heterocycles. The molecule has 0 fully saturated rings. The van der Waals surface area contributed by atoms with Gasteiger partial charge in [-0.2, -0.15) is 8.68 Å². The number of fused-ring (bicyclic) bond motifs is 1. The Balaban J connectivity index is 1.88. The zero-order chi connectivity index (χ0) is 17.3. The molecule has 10 heteroatoms. The van der Waals surface area contributed by atoms with Gasteiger partial charge in [0.1, 0.15) is 11.6 Å². The molecule has 0 N–H and O–H groups in total. The average molecular weight is 371 g/mol. The van der Waals surface area contributed by atoms with Crippen molar-refractivity contribution in [1.29, 1.82) is 0 Å².